The molecule has 124 valence electrons. The first kappa shape index (κ1) is 16.1. The Labute approximate surface area is 138 Å². The largest absolute Gasteiger partial charge is 0.495 e. The van der Waals surface area contributed by atoms with E-state index in [1.807, 2.05) is 18.2 Å². The van der Waals surface area contributed by atoms with Gasteiger partial charge >= 0.3 is 0 Å². The highest BCUT2D eigenvalue weighted by atomic mass is 16.5. The molecule has 1 saturated heterocycles. The molecule has 0 atom stereocenters. The molecule has 2 aliphatic rings. The lowest BCUT2D eigenvalue weighted by Gasteiger charge is -2.41. The molecule has 1 aliphatic carbocycles. The van der Waals surface area contributed by atoms with Gasteiger partial charge < -0.3 is 15.2 Å². The maximum absolute atomic E-state index is 9.87. The Hall–Kier alpha value is -1.77. The number of anilines is 1. The summed E-state index contributed by atoms with van der Waals surface area (Å²) in [5, 5.41) is 9.87. The molecule has 2 N–H and O–H groups in total. The van der Waals surface area contributed by atoms with Crippen LogP contribution in [0.5, 0.6) is 5.75 Å². The summed E-state index contributed by atoms with van der Waals surface area (Å²) in [7, 11) is 1.61. The minimum atomic E-state index is -0.413. The van der Waals surface area contributed by atoms with Crippen molar-refractivity contribution in [3.8, 4) is 11.8 Å². The van der Waals surface area contributed by atoms with E-state index in [4.69, 9.17) is 15.2 Å². The summed E-state index contributed by atoms with van der Waals surface area (Å²) in [4.78, 5) is 2.52. The topological polar surface area (TPSA) is 71.5 Å². The highest BCUT2D eigenvalue weighted by molar-refractivity contribution is 5.56. The van der Waals surface area contributed by atoms with Crippen molar-refractivity contribution in [2.75, 3.05) is 39.1 Å². The van der Waals surface area contributed by atoms with Crippen LogP contribution in [0.15, 0.2) is 18.2 Å². The van der Waals surface area contributed by atoms with Crippen molar-refractivity contribution < 1.29 is 9.47 Å². The van der Waals surface area contributed by atoms with Crippen LogP contribution >= 0.6 is 0 Å². The Morgan fingerprint density at radius 1 is 1.30 bits per heavy atom. The fourth-order valence-corrected chi connectivity index (χ4v) is 3.88. The normalized spacial score (nSPS) is 29.0. The molecule has 3 rings (SSSR count). The van der Waals surface area contributed by atoms with Gasteiger partial charge in [0.1, 0.15) is 5.75 Å². The summed E-state index contributed by atoms with van der Waals surface area (Å²) in [5.41, 5.74) is 7.15. The molecule has 1 aromatic rings. The fraction of sp³-hybridized carbons (Fsp3) is 0.611. The number of morpholine rings is 1. The number of nitrogen functional groups attached to an aromatic ring is 1. The van der Waals surface area contributed by atoms with Crippen LogP contribution in [0.25, 0.3) is 0 Å². The number of ether oxygens (including phenoxy) is 2. The maximum atomic E-state index is 9.87. The minimum Gasteiger partial charge on any atom is -0.495 e. The van der Waals surface area contributed by atoms with Crippen LogP contribution in [0.4, 0.5) is 5.69 Å². The Balaban J connectivity index is 1.75. The molecular formula is C18H25N3O2. The number of nitrogens with two attached hydrogens (primary N) is 1. The maximum Gasteiger partial charge on any atom is 0.142 e. The number of hydrogen-bond acceptors (Lipinski definition) is 5. The highest BCUT2D eigenvalue weighted by Gasteiger charge is 2.39. The van der Waals surface area contributed by atoms with Crippen molar-refractivity contribution in [1.82, 2.24) is 4.90 Å². The predicted octanol–water partition coefficient (Wildman–Crippen LogP) is 2.31. The summed E-state index contributed by atoms with van der Waals surface area (Å²) >= 11 is 0. The summed E-state index contributed by atoms with van der Waals surface area (Å²) in [6, 6.07) is 8.94. The molecule has 0 amide bonds. The van der Waals surface area contributed by atoms with Crippen molar-refractivity contribution >= 4 is 5.69 Å². The summed E-state index contributed by atoms with van der Waals surface area (Å²) in [6.45, 7) is 3.68. The van der Waals surface area contributed by atoms with Gasteiger partial charge in [-0.2, -0.15) is 5.26 Å². The van der Waals surface area contributed by atoms with E-state index in [0.29, 0.717) is 17.5 Å². The van der Waals surface area contributed by atoms with Gasteiger partial charge in [-0.1, -0.05) is 6.07 Å². The van der Waals surface area contributed by atoms with Crippen molar-refractivity contribution in [3.63, 3.8) is 0 Å². The van der Waals surface area contributed by atoms with E-state index in [9.17, 15) is 5.26 Å². The first-order valence-corrected chi connectivity index (χ1v) is 8.35. The highest BCUT2D eigenvalue weighted by Crippen LogP contribution is 2.42. The van der Waals surface area contributed by atoms with Crippen LogP contribution in [0, 0.1) is 11.3 Å². The Kier molecular flexibility index (Phi) is 4.74. The summed E-state index contributed by atoms with van der Waals surface area (Å²) in [5.74, 6) is 0.660. The van der Waals surface area contributed by atoms with E-state index in [1.165, 1.54) is 0 Å². The number of nitrogens with zero attached hydrogens (tertiary/aromatic N) is 2. The number of benzene rings is 1. The average molecular weight is 315 g/mol. The van der Waals surface area contributed by atoms with Gasteiger partial charge in [-0.05, 0) is 43.4 Å². The summed E-state index contributed by atoms with van der Waals surface area (Å²) < 4.78 is 10.8. The fourth-order valence-electron chi connectivity index (χ4n) is 3.88. The zero-order chi connectivity index (χ0) is 16.3. The lowest BCUT2D eigenvalue weighted by molar-refractivity contribution is 0.00507. The Morgan fingerprint density at radius 3 is 2.61 bits per heavy atom. The number of hydrogen-bond donors (Lipinski definition) is 1. The number of rotatable bonds is 3. The smallest absolute Gasteiger partial charge is 0.142 e. The van der Waals surface area contributed by atoms with Gasteiger partial charge in [-0.15, -0.1) is 0 Å². The second-order valence-electron chi connectivity index (χ2n) is 6.53. The molecule has 2 fully saturated rings. The zero-order valence-electron chi connectivity index (χ0n) is 13.8. The van der Waals surface area contributed by atoms with Crippen molar-refractivity contribution in [3.05, 3.63) is 23.8 Å². The third-order valence-corrected chi connectivity index (χ3v) is 5.37. The van der Waals surface area contributed by atoms with Gasteiger partial charge in [0.15, 0.2) is 0 Å². The van der Waals surface area contributed by atoms with Crippen LogP contribution in [0.1, 0.15) is 31.2 Å². The van der Waals surface area contributed by atoms with E-state index in [0.717, 1.165) is 57.6 Å². The molecule has 5 heteroatoms. The molecule has 1 aliphatic heterocycles. The molecule has 23 heavy (non-hydrogen) atoms. The number of nitriles is 1. The average Bonchev–Trinajstić information content (AvgIpc) is 2.63. The quantitative estimate of drug-likeness (QED) is 0.867. The van der Waals surface area contributed by atoms with Crippen molar-refractivity contribution in [2.45, 2.75) is 37.1 Å². The zero-order valence-corrected chi connectivity index (χ0v) is 13.8. The van der Waals surface area contributed by atoms with Gasteiger partial charge in [-0.25, -0.2) is 0 Å². The number of methoxy groups -OCH3 is 1. The molecule has 0 aromatic heterocycles. The van der Waals surface area contributed by atoms with E-state index < -0.39 is 5.41 Å². The minimum absolute atomic E-state index is 0.413. The van der Waals surface area contributed by atoms with E-state index in [1.54, 1.807) is 7.11 Å². The molecule has 0 unspecified atom stereocenters. The summed E-state index contributed by atoms with van der Waals surface area (Å²) in [6.07, 6.45) is 3.89. The molecule has 1 aromatic carbocycles. The Bertz CT molecular complexity index is 582. The molecule has 1 heterocycles. The first-order chi connectivity index (χ1) is 11.2. The van der Waals surface area contributed by atoms with Crippen LogP contribution < -0.4 is 10.5 Å². The van der Waals surface area contributed by atoms with E-state index in [-0.39, 0.29) is 0 Å². The van der Waals surface area contributed by atoms with Gasteiger partial charge in [0.25, 0.3) is 0 Å². The van der Waals surface area contributed by atoms with Crippen LogP contribution in [-0.4, -0.2) is 44.4 Å². The lowest BCUT2D eigenvalue weighted by atomic mass is 9.69. The second-order valence-corrected chi connectivity index (χ2v) is 6.53. The van der Waals surface area contributed by atoms with E-state index in [2.05, 4.69) is 11.0 Å². The molecule has 1 saturated carbocycles. The van der Waals surface area contributed by atoms with Gasteiger partial charge in [0.2, 0.25) is 0 Å². The van der Waals surface area contributed by atoms with Crippen molar-refractivity contribution in [2.24, 2.45) is 0 Å². The SMILES string of the molecule is COc1cc(C2(C#N)CCC(N3CCOCC3)CC2)ccc1N. The molecule has 0 bridgehead atoms. The standard InChI is InChI=1S/C18H25N3O2/c1-22-17-12-14(2-3-16(17)20)18(13-19)6-4-15(5-7-18)21-8-10-23-11-9-21/h2-3,12,15H,4-11,20H2,1H3. The van der Waals surface area contributed by atoms with Gasteiger partial charge in [-0.3, -0.25) is 4.90 Å². The predicted molar refractivity (Wildman–Crippen MR) is 89.3 cm³/mol. The molecular weight excluding hydrogens is 290 g/mol. The molecule has 0 radical (unpaired) electrons. The van der Waals surface area contributed by atoms with Crippen LogP contribution in [-0.2, 0) is 10.2 Å². The van der Waals surface area contributed by atoms with Crippen LogP contribution in [0.3, 0.4) is 0 Å². The third kappa shape index (κ3) is 3.15. The lowest BCUT2D eigenvalue weighted by Crippen LogP contribution is -2.47. The molecule has 0 spiro atoms. The molecule has 5 nitrogen and oxygen atoms in total. The second kappa shape index (κ2) is 6.77. The monoisotopic (exact) mass is 315 g/mol. The third-order valence-electron chi connectivity index (χ3n) is 5.37. The Morgan fingerprint density at radius 2 is 2.00 bits per heavy atom. The van der Waals surface area contributed by atoms with Gasteiger partial charge in [0, 0.05) is 19.1 Å². The van der Waals surface area contributed by atoms with Crippen molar-refractivity contribution in [1.29, 1.82) is 5.26 Å². The first-order valence-electron chi connectivity index (χ1n) is 8.35. The van der Waals surface area contributed by atoms with Crippen LogP contribution in [0.2, 0.25) is 0 Å². The van der Waals surface area contributed by atoms with E-state index >= 15 is 0 Å². The van der Waals surface area contributed by atoms with Gasteiger partial charge in [0.05, 0.1) is 37.5 Å².